The van der Waals surface area contributed by atoms with Gasteiger partial charge in [0.05, 0.1) is 18.8 Å². The normalized spacial score (nSPS) is 12.8. The van der Waals surface area contributed by atoms with Gasteiger partial charge in [0.15, 0.2) is 0 Å². The van der Waals surface area contributed by atoms with Crippen LogP contribution in [0.2, 0.25) is 0 Å². The van der Waals surface area contributed by atoms with E-state index in [0.29, 0.717) is 19.4 Å². The molecule has 1 unspecified atom stereocenters. The van der Waals surface area contributed by atoms with E-state index >= 15 is 0 Å². The number of benzene rings is 1. The molecule has 1 amide bonds. The lowest BCUT2D eigenvalue weighted by molar-refractivity contribution is -0.120. The van der Waals surface area contributed by atoms with E-state index in [1.807, 2.05) is 39.0 Å². The topological polar surface area (TPSA) is 62.5 Å². The zero-order valence-corrected chi connectivity index (χ0v) is 12.8. The Morgan fingerprint density at radius 3 is 2.86 bits per heavy atom. The minimum absolute atomic E-state index is 0.0470. The van der Waals surface area contributed by atoms with Crippen LogP contribution in [0.5, 0.6) is 0 Å². The van der Waals surface area contributed by atoms with Crippen LogP contribution in [0.25, 0.3) is 11.0 Å². The van der Waals surface area contributed by atoms with Gasteiger partial charge in [-0.3, -0.25) is 4.79 Å². The molecule has 1 atom stereocenters. The highest BCUT2D eigenvalue weighted by Crippen LogP contribution is 2.22. The second-order valence-electron chi connectivity index (χ2n) is 5.89. The summed E-state index contributed by atoms with van der Waals surface area (Å²) in [4.78, 5) is 11.9. The summed E-state index contributed by atoms with van der Waals surface area (Å²) in [6.45, 7) is 6.43. The Hall–Kier alpha value is -1.81. The summed E-state index contributed by atoms with van der Waals surface area (Å²) < 4.78 is 5.48. The predicted octanol–water partition coefficient (Wildman–Crippen LogP) is 2.81. The number of hydrogen-bond donors (Lipinski definition) is 2. The van der Waals surface area contributed by atoms with Crippen molar-refractivity contribution in [2.45, 2.75) is 39.7 Å². The second kappa shape index (κ2) is 6.76. The number of carbonyl (C=O) groups excluding carboxylic acids is 1. The number of hydrogen-bond acceptors (Lipinski definition) is 3. The number of aryl methyl sites for hydroxylation is 1. The van der Waals surface area contributed by atoms with E-state index in [2.05, 4.69) is 5.32 Å². The SMILES string of the molecule is Cc1ccc2c(CC(=O)NCCC(O)C(C)C)coc2c1. The summed E-state index contributed by atoms with van der Waals surface area (Å²) in [6, 6.07) is 5.97. The molecule has 114 valence electrons. The van der Waals surface area contributed by atoms with Crippen molar-refractivity contribution in [3.8, 4) is 0 Å². The van der Waals surface area contributed by atoms with Crippen LogP contribution in [-0.4, -0.2) is 23.7 Å². The molecule has 0 bridgehead atoms. The van der Waals surface area contributed by atoms with Gasteiger partial charge in [-0.15, -0.1) is 0 Å². The van der Waals surface area contributed by atoms with Crippen molar-refractivity contribution in [2.24, 2.45) is 5.92 Å². The minimum Gasteiger partial charge on any atom is -0.464 e. The average molecular weight is 289 g/mol. The van der Waals surface area contributed by atoms with E-state index in [1.165, 1.54) is 0 Å². The van der Waals surface area contributed by atoms with E-state index in [1.54, 1.807) is 6.26 Å². The number of furan rings is 1. The van der Waals surface area contributed by atoms with Crippen LogP contribution in [0.15, 0.2) is 28.9 Å². The van der Waals surface area contributed by atoms with E-state index < -0.39 is 0 Å². The molecule has 0 aliphatic rings. The minimum atomic E-state index is -0.372. The molecule has 0 saturated heterocycles. The van der Waals surface area contributed by atoms with Gasteiger partial charge in [0.25, 0.3) is 0 Å². The number of carbonyl (C=O) groups is 1. The van der Waals surface area contributed by atoms with E-state index in [9.17, 15) is 9.90 Å². The van der Waals surface area contributed by atoms with Gasteiger partial charge < -0.3 is 14.8 Å². The molecule has 0 saturated carbocycles. The molecule has 1 aromatic carbocycles. The highest BCUT2D eigenvalue weighted by molar-refractivity contribution is 5.87. The lowest BCUT2D eigenvalue weighted by Crippen LogP contribution is -2.29. The van der Waals surface area contributed by atoms with Crippen LogP contribution in [0.1, 0.15) is 31.4 Å². The molecule has 0 spiro atoms. The highest BCUT2D eigenvalue weighted by atomic mass is 16.3. The van der Waals surface area contributed by atoms with Gasteiger partial charge in [0, 0.05) is 17.5 Å². The molecular weight excluding hydrogens is 266 g/mol. The molecule has 1 heterocycles. The van der Waals surface area contributed by atoms with Gasteiger partial charge in [-0.05, 0) is 30.9 Å². The van der Waals surface area contributed by atoms with E-state index in [-0.39, 0.29) is 17.9 Å². The summed E-state index contributed by atoms with van der Waals surface area (Å²) in [6.07, 6.45) is 2.15. The number of rotatable bonds is 6. The van der Waals surface area contributed by atoms with Gasteiger partial charge in [-0.2, -0.15) is 0 Å². The Kier molecular flexibility index (Phi) is 5.02. The van der Waals surface area contributed by atoms with Crippen LogP contribution in [-0.2, 0) is 11.2 Å². The maximum Gasteiger partial charge on any atom is 0.224 e. The zero-order valence-electron chi connectivity index (χ0n) is 12.8. The number of nitrogens with one attached hydrogen (secondary N) is 1. The molecule has 4 heteroatoms. The lowest BCUT2D eigenvalue weighted by Gasteiger charge is -2.14. The van der Waals surface area contributed by atoms with Crippen LogP contribution in [0.4, 0.5) is 0 Å². The van der Waals surface area contributed by atoms with Crippen LogP contribution < -0.4 is 5.32 Å². The summed E-state index contributed by atoms with van der Waals surface area (Å²) in [5, 5.41) is 13.5. The highest BCUT2D eigenvalue weighted by Gasteiger charge is 2.12. The average Bonchev–Trinajstić information content (AvgIpc) is 2.80. The molecule has 1 aromatic heterocycles. The first-order chi connectivity index (χ1) is 9.97. The third-order valence-electron chi connectivity index (χ3n) is 3.69. The van der Waals surface area contributed by atoms with Gasteiger partial charge in [-0.1, -0.05) is 26.0 Å². The van der Waals surface area contributed by atoms with Gasteiger partial charge in [-0.25, -0.2) is 0 Å². The standard InChI is InChI=1S/C17H23NO3/c1-11(2)15(19)6-7-18-17(20)9-13-10-21-16-8-12(3)4-5-14(13)16/h4-5,8,10-11,15,19H,6-7,9H2,1-3H3,(H,18,20). The fourth-order valence-corrected chi connectivity index (χ4v) is 2.26. The fourth-order valence-electron chi connectivity index (χ4n) is 2.26. The van der Waals surface area contributed by atoms with Crippen molar-refractivity contribution < 1.29 is 14.3 Å². The van der Waals surface area contributed by atoms with Gasteiger partial charge >= 0.3 is 0 Å². The van der Waals surface area contributed by atoms with Crippen LogP contribution >= 0.6 is 0 Å². The van der Waals surface area contributed by atoms with Crippen molar-refractivity contribution in [1.29, 1.82) is 0 Å². The Bertz CT molecular complexity index is 616. The fraction of sp³-hybridized carbons (Fsp3) is 0.471. The summed E-state index contributed by atoms with van der Waals surface area (Å²) >= 11 is 0. The first-order valence-corrected chi connectivity index (χ1v) is 7.39. The van der Waals surface area contributed by atoms with Crippen molar-refractivity contribution in [1.82, 2.24) is 5.32 Å². The van der Waals surface area contributed by atoms with Crippen LogP contribution in [0.3, 0.4) is 0 Å². The summed E-state index contributed by atoms with van der Waals surface area (Å²) in [5.74, 6) is 0.164. The Morgan fingerprint density at radius 1 is 1.38 bits per heavy atom. The molecule has 2 N–H and O–H groups in total. The molecule has 21 heavy (non-hydrogen) atoms. The molecule has 2 aromatic rings. The van der Waals surface area contributed by atoms with Crippen molar-refractivity contribution in [3.05, 3.63) is 35.6 Å². The van der Waals surface area contributed by atoms with Crippen molar-refractivity contribution in [2.75, 3.05) is 6.54 Å². The maximum atomic E-state index is 11.9. The summed E-state index contributed by atoms with van der Waals surface area (Å²) in [5.41, 5.74) is 2.84. The Labute approximate surface area is 125 Å². The van der Waals surface area contributed by atoms with Gasteiger partial charge in [0.1, 0.15) is 5.58 Å². The molecule has 0 aliphatic heterocycles. The lowest BCUT2D eigenvalue weighted by atomic mass is 10.0. The summed E-state index contributed by atoms with van der Waals surface area (Å²) in [7, 11) is 0. The smallest absolute Gasteiger partial charge is 0.224 e. The molecule has 0 aliphatic carbocycles. The first-order valence-electron chi connectivity index (χ1n) is 7.39. The predicted molar refractivity (Wildman–Crippen MR) is 83.1 cm³/mol. The van der Waals surface area contributed by atoms with E-state index in [4.69, 9.17) is 4.42 Å². The molecule has 0 radical (unpaired) electrons. The third-order valence-corrected chi connectivity index (χ3v) is 3.69. The van der Waals surface area contributed by atoms with Gasteiger partial charge in [0.2, 0.25) is 5.91 Å². The van der Waals surface area contributed by atoms with Crippen LogP contribution in [0, 0.1) is 12.8 Å². The molecule has 4 nitrogen and oxygen atoms in total. The zero-order chi connectivity index (χ0) is 15.4. The monoisotopic (exact) mass is 289 g/mol. The Balaban J connectivity index is 1.90. The largest absolute Gasteiger partial charge is 0.464 e. The third kappa shape index (κ3) is 4.08. The number of aliphatic hydroxyl groups is 1. The maximum absolute atomic E-state index is 11.9. The molecular formula is C17H23NO3. The van der Waals surface area contributed by atoms with Crippen molar-refractivity contribution >= 4 is 16.9 Å². The quantitative estimate of drug-likeness (QED) is 0.859. The Morgan fingerprint density at radius 2 is 2.14 bits per heavy atom. The number of amides is 1. The molecule has 0 fully saturated rings. The first kappa shape index (κ1) is 15.6. The number of aliphatic hydroxyl groups excluding tert-OH is 1. The van der Waals surface area contributed by atoms with E-state index in [0.717, 1.165) is 22.1 Å². The second-order valence-corrected chi connectivity index (χ2v) is 5.89. The number of fused-ring (bicyclic) bond motifs is 1. The van der Waals surface area contributed by atoms with Crippen molar-refractivity contribution in [3.63, 3.8) is 0 Å². The molecule has 2 rings (SSSR count).